The molecule has 2 aromatic rings. The van der Waals surface area contributed by atoms with E-state index in [-0.39, 0.29) is 10.5 Å². The molecule has 0 unspecified atom stereocenters. The fraction of sp³-hybridized carbons (Fsp3) is 0. The molecule has 0 radical (unpaired) electrons. The highest BCUT2D eigenvalue weighted by Gasteiger charge is 2.13. The van der Waals surface area contributed by atoms with Crippen LogP contribution < -0.4 is 15.7 Å². The number of hydrogen-bond donors (Lipinski definition) is 3. The second kappa shape index (κ2) is 6.42. The van der Waals surface area contributed by atoms with Crippen LogP contribution in [0.25, 0.3) is 0 Å². The van der Waals surface area contributed by atoms with E-state index in [9.17, 15) is 18.1 Å². The molecule has 0 fully saturated rings. The van der Waals surface area contributed by atoms with Crippen LogP contribution in [0.4, 0.5) is 11.4 Å². The topological polar surface area (TPSA) is 142 Å². The molecule has 0 saturated heterocycles. The molecule has 0 bridgehead atoms. The van der Waals surface area contributed by atoms with E-state index in [2.05, 4.69) is 10.8 Å². The smallest absolute Gasteiger partial charge is 0.335 e. The molecule has 120 valence electrons. The van der Waals surface area contributed by atoms with Gasteiger partial charge in [0.25, 0.3) is 0 Å². The molecule has 4 N–H and O–H groups in total. The first-order valence-corrected chi connectivity index (χ1v) is 7.72. The van der Waals surface area contributed by atoms with Crippen LogP contribution in [-0.2, 0) is 10.0 Å². The average molecular weight is 336 g/mol. The van der Waals surface area contributed by atoms with E-state index < -0.39 is 16.0 Å². The molecule has 0 atom stereocenters. The second-order valence-electron chi connectivity index (χ2n) is 4.42. The van der Waals surface area contributed by atoms with Crippen molar-refractivity contribution in [2.75, 3.05) is 5.01 Å². The van der Waals surface area contributed by atoms with Crippen molar-refractivity contribution in [3.63, 3.8) is 0 Å². The lowest BCUT2D eigenvalue weighted by atomic mass is 10.2. The highest BCUT2D eigenvalue weighted by atomic mass is 32.2. The van der Waals surface area contributed by atoms with Gasteiger partial charge in [-0.3, -0.25) is 0 Å². The van der Waals surface area contributed by atoms with Crippen LogP contribution >= 0.6 is 0 Å². The van der Waals surface area contributed by atoms with Crippen molar-refractivity contribution in [2.24, 2.45) is 10.4 Å². The van der Waals surface area contributed by atoms with E-state index in [1.807, 2.05) is 0 Å². The molecule has 2 aromatic carbocycles. The Morgan fingerprint density at radius 1 is 1.04 bits per heavy atom. The molecule has 2 rings (SSSR count). The highest BCUT2D eigenvalue weighted by molar-refractivity contribution is 7.89. The van der Waals surface area contributed by atoms with Gasteiger partial charge in [-0.2, -0.15) is 5.53 Å². The Kier molecular flexibility index (Phi) is 4.57. The van der Waals surface area contributed by atoms with Crippen molar-refractivity contribution in [2.45, 2.75) is 4.90 Å². The maximum absolute atomic E-state index is 11.2. The lowest BCUT2D eigenvalue weighted by Crippen LogP contribution is -2.28. The van der Waals surface area contributed by atoms with E-state index in [1.54, 1.807) is 0 Å². The van der Waals surface area contributed by atoms with Gasteiger partial charge in [0.2, 0.25) is 10.0 Å². The zero-order valence-electron chi connectivity index (χ0n) is 11.6. The van der Waals surface area contributed by atoms with Gasteiger partial charge in [-0.15, -0.1) is 4.91 Å². The van der Waals surface area contributed by atoms with Gasteiger partial charge in [0, 0.05) is 0 Å². The van der Waals surface area contributed by atoms with Gasteiger partial charge in [-0.25, -0.2) is 23.4 Å². The van der Waals surface area contributed by atoms with E-state index >= 15 is 0 Å². The average Bonchev–Trinajstić information content (AvgIpc) is 2.52. The molecular formula is C13H12N4O5S. The Balaban J connectivity index is 2.38. The third kappa shape index (κ3) is 3.81. The number of nitroso groups, excluding NO2 is 1. The summed E-state index contributed by atoms with van der Waals surface area (Å²) in [6, 6.07) is 11.0. The fourth-order valence-corrected chi connectivity index (χ4v) is 2.36. The first-order valence-electron chi connectivity index (χ1n) is 6.17. The molecule has 0 aromatic heterocycles. The van der Waals surface area contributed by atoms with Crippen molar-refractivity contribution in [3.8, 4) is 0 Å². The molecule has 0 spiro atoms. The van der Waals surface area contributed by atoms with Crippen molar-refractivity contribution in [1.82, 2.24) is 5.53 Å². The van der Waals surface area contributed by atoms with Crippen LogP contribution in [0.2, 0.25) is 0 Å². The second-order valence-corrected chi connectivity index (χ2v) is 5.98. The van der Waals surface area contributed by atoms with Crippen LogP contribution in [0.5, 0.6) is 0 Å². The van der Waals surface area contributed by atoms with Crippen LogP contribution in [0, 0.1) is 4.91 Å². The summed E-state index contributed by atoms with van der Waals surface area (Å²) in [6.07, 6.45) is 0. The van der Waals surface area contributed by atoms with Crippen molar-refractivity contribution >= 4 is 27.4 Å². The molecule has 0 saturated carbocycles. The minimum Gasteiger partial charge on any atom is -0.478 e. The van der Waals surface area contributed by atoms with Crippen LogP contribution in [0.3, 0.4) is 0 Å². The first-order chi connectivity index (χ1) is 10.8. The Hall–Kier alpha value is -2.98. The third-order valence-corrected chi connectivity index (χ3v) is 3.87. The van der Waals surface area contributed by atoms with Gasteiger partial charge in [0.1, 0.15) is 0 Å². The summed E-state index contributed by atoms with van der Waals surface area (Å²) in [5, 5.41) is 17.7. The Labute approximate surface area is 131 Å². The highest BCUT2D eigenvalue weighted by Crippen LogP contribution is 2.25. The first kappa shape index (κ1) is 16.4. The summed E-state index contributed by atoms with van der Waals surface area (Å²) < 4.78 is 22.5. The van der Waals surface area contributed by atoms with Gasteiger partial charge in [0.15, 0.2) is 0 Å². The number of carboxylic acids is 1. The molecular weight excluding hydrogens is 324 g/mol. The quantitative estimate of drug-likeness (QED) is 0.534. The molecule has 0 aliphatic carbocycles. The fourth-order valence-electron chi connectivity index (χ4n) is 1.84. The number of rotatable bonds is 6. The number of primary sulfonamides is 1. The zero-order chi connectivity index (χ0) is 17.0. The van der Waals surface area contributed by atoms with Gasteiger partial charge in [0.05, 0.1) is 27.1 Å². The van der Waals surface area contributed by atoms with Gasteiger partial charge in [-0.1, -0.05) is 0 Å². The molecule has 0 aliphatic heterocycles. The summed E-state index contributed by atoms with van der Waals surface area (Å²) in [5.41, 5.74) is 3.11. The van der Waals surface area contributed by atoms with Crippen LogP contribution in [0.15, 0.2) is 58.7 Å². The summed E-state index contributed by atoms with van der Waals surface area (Å²) in [7, 11) is -3.83. The van der Waals surface area contributed by atoms with Crippen molar-refractivity contribution in [1.29, 1.82) is 0 Å². The number of sulfonamides is 1. The summed E-state index contributed by atoms with van der Waals surface area (Å²) >= 11 is 0. The van der Waals surface area contributed by atoms with Crippen molar-refractivity contribution in [3.05, 3.63) is 59.0 Å². The predicted octanol–water partition coefficient (Wildman–Crippen LogP) is 1.36. The SMILES string of the molecule is NS(=O)(=O)c1ccc(N(NN=O)c2ccc(C(=O)O)cc2)cc1. The largest absolute Gasteiger partial charge is 0.478 e. The zero-order valence-corrected chi connectivity index (χ0v) is 12.4. The molecule has 0 amide bonds. The number of nitrogens with two attached hydrogens (primary N) is 1. The monoisotopic (exact) mass is 336 g/mol. The predicted molar refractivity (Wildman–Crippen MR) is 82.3 cm³/mol. The van der Waals surface area contributed by atoms with Gasteiger partial charge < -0.3 is 5.11 Å². The van der Waals surface area contributed by atoms with E-state index in [4.69, 9.17) is 10.2 Å². The number of hydrazine groups is 1. The number of aromatic carboxylic acids is 1. The normalized spacial score (nSPS) is 10.8. The standard InChI is InChI=1S/C13H12N4O5S/c14-23(21,22)12-7-5-11(6-8-12)17(15-16-20)10-3-1-9(2-4-10)13(18)19/h1-8H,(H,15,20)(H,18,19)(H2,14,21,22). The summed E-state index contributed by atoms with van der Waals surface area (Å²) in [4.78, 5) is 21.3. The van der Waals surface area contributed by atoms with Crippen LogP contribution in [-0.4, -0.2) is 19.5 Å². The number of carbonyl (C=O) groups is 1. The Bertz CT molecular complexity index is 818. The summed E-state index contributed by atoms with van der Waals surface area (Å²) in [6.45, 7) is 0. The van der Waals surface area contributed by atoms with Crippen LogP contribution in [0.1, 0.15) is 10.4 Å². The molecule has 0 aliphatic rings. The Morgan fingerprint density at radius 2 is 1.52 bits per heavy atom. The molecule has 23 heavy (non-hydrogen) atoms. The summed E-state index contributed by atoms with van der Waals surface area (Å²) in [5.74, 6) is -1.08. The van der Waals surface area contributed by atoms with E-state index in [1.165, 1.54) is 53.5 Å². The van der Waals surface area contributed by atoms with Gasteiger partial charge in [-0.05, 0) is 48.5 Å². The third-order valence-electron chi connectivity index (χ3n) is 2.94. The number of benzene rings is 2. The van der Waals surface area contributed by atoms with Crippen molar-refractivity contribution < 1.29 is 18.3 Å². The number of anilines is 2. The number of nitrogens with zero attached hydrogens (tertiary/aromatic N) is 2. The van der Waals surface area contributed by atoms with E-state index in [0.717, 1.165) is 0 Å². The molecule has 9 nitrogen and oxygen atoms in total. The minimum atomic E-state index is -3.83. The lowest BCUT2D eigenvalue weighted by Gasteiger charge is -2.22. The number of nitrogens with one attached hydrogen (secondary N) is 1. The number of carboxylic acid groups (broad SMARTS) is 1. The maximum Gasteiger partial charge on any atom is 0.335 e. The maximum atomic E-state index is 11.2. The number of hydrogen-bond acceptors (Lipinski definition) is 6. The molecule has 10 heteroatoms. The molecule has 0 heterocycles. The minimum absolute atomic E-state index is 0.0809. The van der Waals surface area contributed by atoms with Gasteiger partial charge >= 0.3 is 5.97 Å². The lowest BCUT2D eigenvalue weighted by molar-refractivity contribution is 0.0697. The Morgan fingerprint density at radius 3 is 1.91 bits per heavy atom. The van der Waals surface area contributed by atoms with E-state index in [0.29, 0.717) is 11.4 Å².